The number of hydrogen-bond acceptors (Lipinski definition) is 2. The highest BCUT2D eigenvalue weighted by atomic mass is 16.5. The van der Waals surface area contributed by atoms with Crippen molar-refractivity contribution in [3.63, 3.8) is 0 Å². The van der Waals surface area contributed by atoms with Crippen LogP contribution in [0, 0.1) is 0 Å². The number of H-pyrrole nitrogens is 1. The van der Waals surface area contributed by atoms with Crippen LogP contribution in [0.15, 0.2) is 60.7 Å². The van der Waals surface area contributed by atoms with Gasteiger partial charge in [-0.05, 0) is 36.2 Å². The molecule has 3 heteroatoms. The predicted octanol–water partition coefficient (Wildman–Crippen LogP) is 4.30. The van der Waals surface area contributed by atoms with Crippen LogP contribution in [-0.4, -0.2) is 12.1 Å². The van der Waals surface area contributed by atoms with E-state index in [2.05, 4.69) is 47.4 Å². The van der Waals surface area contributed by atoms with E-state index in [-0.39, 0.29) is 6.04 Å². The number of aromatic amines is 1. The van der Waals surface area contributed by atoms with Crippen LogP contribution >= 0.6 is 0 Å². The van der Waals surface area contributed by atoms with Crippen molar-refractivity contribution in [2.45, 2.75) is 19.4 Å². The minimum atomic E-state index is -0.0377. The van der Waals surface area contributed by atoms with Gasteiger partial charge in [0, 0.05) is 29.4 Å². The van der Waals surface area contributed by atoms with Crippen molar-refractivity contribution in [3.8, 4) is 16.9 Å². The SMILES string of the molecule is COc1cccc(Cc2cc(-c3ccccc3)c(C(C)N)[nH]2)c1. The first-order valence-electron chi connectivity index (χ1n) is 7.83. The van der Waals surface area contributed by atoms with Crippen molar-refractivity contribution in [1.29, 1.82) is 0 Å². The molecule has 118 valence electrons. The number of benzene rings is 2. The average molecular weight is 306 g/mol. The zero-order valence-electron chi connectivity index (χ0n) is 13.5. The zero-order valence-corrected chi connectivity index (χ0v) is 13.5. The van der Waals surface area contributed by atoms with Crippen molar-refractivity contribution in [2.24, 2.45) is 5.73 Å². The van der Waals surface area contributed by atoms with Crippen LogP contribution in [-0.2, 0) is 6.42 Å². The minimum Gasteiger partial charge on any atom is -0.497 e. The molecule has 3 nitrogen and oxygen atoms in total. The predicted molar refractivity (Wildman–Crippen MR) is 94.6 cm³/mol. The van der Waals surface area contributed by atoms with Crippen molar-refractivity contribution >= 4 is 0 Å². The monoisotopic (exact) mass is 306 g/mol. The summed E-state index contributed by atoms with van der Waals surface area (Å²) in [5, 5.41) is 0. The highest BCUT2D eigenvalue weighted by molar-refractivity contribution is 5.68. The Balaban J connectivity index is 1.94. The fourth-order valence-electron chi connectivity index (χ4n) is 2.84. The zero-order chi connectivity index (χ0) is 16.2. The summed E-state index contributed by atoms with van der Waals surface area (Å²) in [5.74, 6) is 0.879. The molecule has 0 saturated carbocycles. The maximum Gasteiger partial charge on any atom is 0.119 e. The fourth-order valence-corrected chi connectivity index (χ4v) is 2.84. The van der Waals surface area contributed by atoms with Crippen molar-refractivity contribution in [1.82, 2.24) is 4.98 Å². The normalized spacial score (nSPS) is 12.1. The lowest BCUT2D eigenvalue weighted by Gasteiger charge is -2.07. The molecular weight excluding hydrogens is 284 g/mol. The van der Waals surface area contributed by atoms with E-state index in [0.717, 1.165) is 23.6 Å². The summed E-state index contributed by atoms with van der Waals surface area (Å²) >= 11 is 0. The molecule has 3 aromatic rings. The first-order chi connectivity index (χ1) is 11.2. The topological polar surface area (TPSA) is 51.0 Å². The third-order valence-corrected chi connectivity index (χ3v) is 3.97. The second-order valence-electron chi connectivity index (χ2n) is 5.80. The number of hydrogen-bond donors (Lipinski definition) is 2. The Kier molecular flexibility index (Phi) is 4.49. The van der Waals surface area contributed by atoms with Gasteiger partial charge in [0.05, 0.1) is 7.11 Å². The molecule has 0 aliphatic rings. The number of aromatic nitrogens is 1. The molecule has 1 heterocycles. The van der Waals surface area contributed by atoms with Gasteiger partial charge >= 0.3 is 0 Å². The second kappa shape index (κ2) is 6.71. The number of nitrogens with one attached hydrogen (secondary N) is 1. The first-order valence-corrected chi connectivity index (χ1v) is 7.83. The number of nitrogens with two attached hydrogens (primary N) is 1. The van der Waals surface area contributed by atoms with Crippen LogP contribution in [0.5, 0.6) is 5.75 Å². The van der Waals surface area contributed by atoms with Gasteiger partial charge in [0.15, 0.2) is 0 Å². The fraction of sp³-hybridized carbons (Fsp3) is 0.200. The maximum absolute atomic E-state index is 6.15. The smallest absolute Gasteiger partial charge is 0.119 e. The summed E-state index contributed by atoms with van der Waals surface area (Å²) in [6, 6.07) is 20.7. The first kappa shape index (κ1) is 15.4. The molecule has 0 bridgehead atoms. The summed E-state index contributed by atoms with van der Waals surface area (Å²) in [7, 11) is 1.69. The molecule has 0 radical (unpaired) electrons. The molecule has 1 atom stereocenters. The van der Waals surface area contributed by atoms with E-state index in [9.17, 15) is 0 Å². The van der Waals surface area contributed by atoms with Crippen molar-refractivity contribution in [2.75, 3.05) is 7.11 Å². The van der Waals surface area contributed by atoms with Gasteiger partial charge in [0.1, 0.15) is 5.75 Å². The lowest BCUT2D eigenvalue weighted by Crippen LogP contribution is -2.07. The van der Waals surface area contributed by atoms with Gasteiger partial charge in [-0.15, -0.1) is 0 Å². The van der Waals surface area contributed by atoms with E-state index in [0.29, 0.717) is 0 Å². The lowest BCUT2D eigenvalue weighted by atomic mass is 10.0. The molecule has 1 unspecified atom stereocenters. The molecular formula is C20H22N2O. The second-order valence-corrected chi connectivity index (χ2v) is 5.80. The van der Waals surface area contributed by atoms with Crippen LogP contribution in [0.2, 0.25) is 0 Å². The summed E-state index contributed by atoms with van der Waals surface area (Å²) in [6.45, 7) is 2.01. The molecule has 0 saturated heterocycles. The molecule has 23 heavy (non-hydrogen) atoms. The molecule has 0 aliphatic carbocycles. The maximum atomic E-state index is 6.15. The number of rotatable bonds is 5. The Bertz CT molecular complexity index is 775. The summed E-state index contributed by atoms with van der Waals surface area (Å²) in [5.41, 5.74) is 12.0. The Hall–Kier alpha value is -2.52. The Morgan fingerprint density at radius 3 is 2.52 bits per heavy atom. The largest absolute Gasteiger partial charge is 0.497 e. The summed E-state index contributed by atoms with van der Waals surface area (Å²) in [4.78, 5) is 3.50. The molecule has 0 aliphatic heterocycles. The minimum absolute atomic E-state index is 0.0377. The van der Waals surface area contributed by atoms with Gasteiger partial charge in [-0.2, -0.15) is 0 Å². The van der Waals surface area contributed by atoms with Crippen molar-refractivity contribution in [3.05, 3.63) is 77.6 Å². The van der Waals surface area contributed by atoms with Crippen LogP contribution < -0.4 is 10.5 Å². The number of ether oxygens (including phenoxy) is 1. The van der Waals surface area contributed by atoms with E-state index in [1.165, 1.54) is 16.7 Å². The molecule has 3 N–H and O–H groups in total. The van der Waals surface area contributed by atoms with Gasteiger partial charge in [-0.3, -0.25) is 0 Å². The van der Waals surface area contributed by atoms with Crippen molar-refractivity contribution < 1.29 is 4.74 Å². The average Bonchev–Trinajstić information content (AvgIpc) is 3.00. The third kappa shape index (κ3) is 3.46. The van der Waals surface area contributed by atoms with Crippen LogP contribution in [0.25, 0.3) is 11.1 Å². The van der Waals surface area contributed by atoms with Gasteiger partial charge in [0.25, 0.3) is 0 Å². The highest BCUT2D eigenvalue weighted by Gasteiger charge is 2.13. The van der Waals surface area contributed by atoms with E-state index < -0.39 is 0 Å². The van der Waals surface area contributed by atoms with Crippen LogP contribution in [0.1, 0.15) is 29.9 Å². The molecule has 0 fully saturated rings. The number of methoxy groups -OCH3 is 1. The molecule has 3 rings (SSSR count). The van der Waals surface area contributed by atoms with E-state index in [1.807, 2.05) is 25.1 Å². The molecule has 0 spiro atoms. The van der Waals surface area contributed by atoms with Gasteiger partial charge in [-0.1, -0.05) is 42.5 Å². The van der Waals surface area contributed by atoms with Gasteiger partial charge in [-0.25, -0.2) is 0 Å². The van der Waals surface area contributed by atoms with Crippen LogP contribution in [0.3, 0.4) is 0 Å². The quantitative estimate of drug-likeness (QED) is 0.738. The highest BCUT2D eigenvalue weighted by Crippen LogP contribution is 2.29. The van der Waals surface area contributed by atoms with E-state index in [1.54, 1.807) is 7.11 Å². The molecule has 0 amide bonds. The standard InChI is InChI=1S/C20H22N2O/c1-14(21)20-19(16-8-4-3-5-9-16)13-17(22-20)11-15-7-6-10-18(12-15)23-2/h3-10,12-14,22H,11,21H2,1-2H3. The van der Waals surface area contributed by atoms with Crippen LogP contribution in [0.4, 0.5) is 0 Å². The van der Waals surface area contributed by atoms with Gasteiger partial charge in [0.2, 0.25) is 0 Å². The molecule has 2 aromatic carbocycles. The van der Waals surface area contributed by atoms with E-state index >= 15 is 0 Å². The Labute approximate surface area is 137 Å². The molecule has 1 aromatic heterocycles. The summed E-state index contributed by atoms with van der Waals surface area (Å²) < 4.78 is 5.30. The lowest BCUT2D eigenvalue weighted by molar-refractivity contribution is 0.414. The summed E-state index contributed by atoms with van der Waals surface area (Å²) in [6.07, 6.45) is 0.823. The Morgan fingerprint density at radius 2 is 1.83 bits per heavy atom. The Morgan fingerprint density at radius 1 is 1.04 bits per heavy atom. The third-order valence-electron chi connectivity index (χ3n) is 3.97. The van der Waals surface area contributed by atoms with Gasteiger partial charge < -0.3 is 15.5 Å². The van der Waals surface area contributed by atoms with E-state index in [4.69, 9.17) is 10.5 Å².